The minimum absolute atomic E-state index is 0.328. The number of hydrogen-bond donors (Lipinski definition) is 5. The molecule has 10 nitrogen and oxygen atoms in total. The predicted molar refractivity (Wildman–Crippen MR) is 121 cm³/mol. The highest BCUT2D eigenvalue weighted by atomic mass is 16.4. The van der Waals surface area contributed by atoms with Gasteiger partial charge in [-0.15, -0.1) is 0 Å². The molecule has 5 atom stereocenters. The summed E-state index contributed by atoms with van der Waals surface area (Å²) >= 11 is 0. The van der Waals surface area contributed by atoms with Gasteiger partial charge in [0.1, 0.15) is 18.1 Å². The van der Waals surface area contributed by atoms with Gasteiger partial charge in [-0.1, -0.05) is 44.2 Å². The molecule has 0 saturated carbocycles. The van der Waals surface area contributed by atoms with Gasteiger partial charge in [0.2, 0.25) is 17.7 Å². The number of nitrogens with one attached hydrogen (secondary N) is 2. The number of carbonyl (C=O) groups excluding carboxylic acids is 3. The van der Waals surface area contributed by atoms with E-state index in [-0.39, 0.29) is 5.91 Å². The number of carboxylic acid groups (broad SMARTS) is 1. The predicted octanol–water partition coefficient (Wildman–Crippen LogP) is -0.362. The lowest BCUT2D eigenvalue weighted by molar-refractivity contribution is -0.145. The van der Waals surface area contributed by atoms with Crippen molar-refractivity contribution in [2.75, 3.05) is 6.54 Å². The molecule has 3 amide bonds. The Kier molecular flexibility index (Phi) is 9.36. The Hall–Kier alpha value is -2.98. The maximum absolute atomic E-state index is 13.0. The molecule has 2 rings (SSSR count). The van der Waals surface area contributed by atoms with E-state index in [9.17, 15) is 29.4 Å². The van der Waals surface area contributed by atoms with Gasteiger partial charge in [0.25, 0.3) is 0 Å². The Balaban J connectivity index is 2.06. The second-order valence-electron chi connectivity index (χ2n) is 8.78. The first-order chi connectivity index (χ1) is 15.5. The zero-order chi connectivity index (χ0) is 24.7. The lowest BCUT2D eigenvalue weighted by Gasteiger charge is -2.29. The quantitative estimate of drug-likeness (QED) is 0.317. The van der Waals surface area contributed by atoms with E-state index in [1.807, 2.05) is 30.3 Å². The lowest BCUT2D eigenvalue weighted by Crippen LogP contribution is -2.60. The number of carboxylic acids is 1. The van der Waals surface area contributed by atoms with Gasteiger partial charge < -0.3 is 31.5 Å². The molecule has 0 bridgehead atoms. The summed E-state index contributed by atoms with van der Waals surface area (Å²) < 4.78 is 0. The molecule has 1 aromatic carbocycles. The van der Waals surface area contributed by atoms with Crippen LogP contribution in [0.4, 0.5) is 0 Å². The summed E-state index contributed by atoms with van der Waals surface area (Å²) in [6, 6.07) is 5.13. The number of amides is 3. The summed E-state index contributed by atoms with van der Waals surface area (Å²) in [5, 5.41) is 24.2. The molecule has 33 heavy (non-hydrogen) atoms. The molecular formula is C23H34N4O6. The zero-order valence-electron chi connectivity index (χ0n) is 19.2. The number of rotatable bonds is 10. The molecule has 5 unspecified atom stereocenters. The fourth-order valence-corrected chi connectivity index (χ4v) is 3.88. The molecule has 1 aliphatic heterocycles. The van der Waals surface area contributed by atoms with Crippen LogP contribution in [0.3, 0.4) is 0 Å². The molecule has 1 saturated heterocycles. The molecule has 182 valence electrons. The molecular weight excluding hydrogens is 428 g/mol. The maximum Gasteiger partial charge on any atom is 0.326 e. The largest absolute Gasteiger partial charge is 0.480 e. The third-order valence-corrected chi connectivity index (χ3v) is 5.75. The normalized spacial score (nSPS) is 19.5. The molecule has 0 spiro atoms. The van der Waals surface area contributed by atoms with Crippen LogP contribution >= 0.6 is 0 Å². The van der Waals surface area contributed by atoms with Crippen molar-refractivity contribution in [3.05, 3.63) is 35.9 Å². The van der Waals surface area contributed by atoms with Crippen molar-refractivity contribution in [1.29, 1.82) is 0 Å². The number of likely N-dealkylation sites (tertiary alicyclic amines) is 1. The van der Waals surface area contributed by atoms with Gasteiger partial charge in [0, 0.05) is 6.54 Å². The number of aliphatic hydroxyl groups is 1. The van der Waals surface area contributed by atoms with E-state index in [4.69, 9.17) is 5.73 Å². The average Bonchev–Trinajstić information content (AvgIpc) is 3.24. The van der Waals surface area contributed by atoms with Crippen LogP contribution in [0.15, 0.2) is 30.3 Å². The van der Waals surface area contributed by atoms with Gasteiger partial charge >= 0.3 is 5.97 Å². The maximum atomic E-state index is 13.0. The van der Waals surface area contributed by atoms with Crippen LogP contribution in [0, 0.1) is 5.92 Å². The number of hydrogen-bond acceptors (Lipinski definition) is 6. The first kappa shape index (κ1) is 26.3. The lowest BCUT2D eigenvalue weighted by atomic mass is 10.0. The Morgan fingerprint density at radius 3 is 2.27 bits per heavy atom. The van der Waals surface area contributed by atoms with Crippen molar-refractivity contribution in [2.45, 2.75) is 70.3 Å². The Bertz CT molecular complexity index is 845. The van der Waals surface area contributed by atoms with Crippen LogP contribution in [0.25, 0.3) is 0 Å². The monoisotopic (exact) mass is 462 g/mol. The molecule has 0 aromatic heterocycles. The Labute approximate surface area is 193 Å². The van der Waals surface area contributed by atoms with E-state index in [2.05, 4.69) is 10.6 Å². The zero-order valence-corrected chi connectivity index (χ0v) is 19.2. The standard InChI is InChI=1S/C23H34N4O6/c1-13(2)18(23(32)33)25-21(30)19(14(3)28)26-20(29)17-10-7-11-27(17)22(31)16(24)12-15-8-5-4-6-9-15/h4-6,8-9,13-14,16-19,28H,7,10-12,24H2,1-3H3,(H,25,30)(H,26,29)(H,32,33). The fourth-order valence-electron chi connectivity index (χ4n) is 3.88. The van der Waals surface area contributed by atoms with Crippen LogP contribution in [0.5, 0.6) is 0 Å². The SMILES string of the molecule is CC(C)C(NC(=O)C(NC(=O)C1CCCN1C(=O)C(N)Cc1ccccc1)C(C)O)C(=O)O. The first-order valence-corrected chi connectivity index (χ1v) is 11.1. The van der Waals surface area contributed by atoms with Gasteiger partial charge in [-0.05, 0) is 37.7 Å². The Morgan fingerprint density at radius 1 is 1.09 bits per heavy atom. The summed E-state index contributed by atoms with van der Waals surface area (Å²) in [6.07, 6.45) is 0.0474. The van der Waals surface area contributed by atoms with E-state index < -0.39 is 54.0 Å². The molecule has 0 radical (unpaired) electrons. The van der Waals surface area contributed by atoms with E-state index >= 15 is 0 Å². The highest BCUT2D eigenvalue weighted by molar-refractivity contribution is 5.94. The average molecular weight is 463 g/mol. The summed E-state index contributed by atoms with van der Waals surface area (Å²) in [4.78, 5) is 51.3. The fraction of sp³-hybridized carbons (Fsp3) is 0.565. The van der Waals surface area contributed by atoms with Crippen molar-refractivity contribution in [2.24, 2.45) is 11.7 Å². The minimum Gasteiger partial charge on any atom is -0.480 e. The highest BCUT2D eigenvalue weighted by Gasteiger charge is 2.39. The number of aliphatic carboxylic acids is 1. The van der Waals surface area contributed by atoms with Crippen LogP contribution < -0.4 is 16.4 Å². The van der Waals surface area contributed by atoms with Crippen LogP contribution in [0.2, 0.25) is 0 Å². The van der Waals surface area contributed by atoms with Crippen molar-refractivity contribution in [3.63, 3.8) is 0 Å². The van der Waals surface area contributed by atoms with Gasteiger partial charge in [-0.3, -0.25) is 14.4 Å². The minimum atomic E-state index is -1.37. The Morgan fingerprint density at radius 2 is 1.73 bits per heavy atom. The molecule has 10 heteroatoms. The van der Waals surface area contributed by atoms with Crippen LogP contribution in [-0.4, -0.2) is 75.6 Å². The van der Waals surface area contributed by atoms with Gasteiger partial charge in [0.15, 0.2) is 0 Å². The summed E-state index contributed by atoms with van der Waals surface area (Å²) in [6.45, 7) is 4.95. The van der Waals surface area contributed by atoms with E-state index in [1.54, 1.807) is 13.8 Å². The van der Waals surface area contributed by atoms with Gasteiger partial charge in [-0.2, -0.15) is 0 Å². The highest BCUT2D eigenvalue weighted by Crippen LogP contribution is 2.19. The number of nitrogens with two attached hydrogens (primary N) is 1. The third kappa shape index (κ3) is 7.00. The van der Waals surface area contributed by atoms with Crippen molar-refractivity contribution < 1.29 is 29.4 Å². The van der Waals surface area contributed by atoms with Crippen molar-refractivity contribution >= 4 is 23.7 Å². The number of aliphatic hydroxyl groups excluding tert-OH is 1. The van der Waals surface area contributed by atoms with Crippen molar-refractivity contribution in [1.82, 2.24) is 15.5 Å². The number of carbonyl (C=O) groups is 4. The van der Waals surface area contributed by atoms with E-state index in [0.29, 0.717) is 25.8 Å². The van der Waals surface area contributed by atoms with E-state index in [0.717, 1.165) is 5.56 Å². The van der Waals surface area contributed by atoms with Crippen LogP contribution in [0.1, 0.15) is 39.2 Å². The second kappa shape index (κ2) is 11.8. The molecule has 1 aromatic rings. The third-order valence-electron chi connectivity index (χ3n) is 5.75. The molecule has 1 heterocycles. The topological polar surface area (TPSA) is 162 Å². The molecule has 1 aliphatic rings. The number of benzene rings is 1. The van der Waals surface area contributed by atoms with Crippen molar-refractivity contribution in [3.8, 4) is 0 Å². The summed E-state index contributed by atoms with van der Waals surface area (Å²) in [5.74, 6) is -3.37. The molecule has 6 N–H and O–H groups in total. The molecule has 1 fully saturated rings. The van der Waals surface area contributed by atoms with E-state index in [1.165, 1.54) is 11.8 Å². The van der Waals surface area contributed by atoms with Gasteiger partial charge in [0.05, 0.1) is 12.1 Å². The first-order valence-electron chi connectivity index (χ1n) is 11.1. The molecule has 0 aliphatic carbocycles. The van der Waals surface area contributed by atoms with Crippen LogP contribution in [-0.2, 0) is 25.6 Å². The summed E-state index contributed by atoms with van der Waals surface area (Å²) in [7, 11) is 0. The second-order valence-corrected chi connectivity index (χ2v) is 8.78. The smallest absolute Gasteiger partial charge is 0.326 e. The summed E-state index contributed by atoms with van der Waals surface area (Å²) in [5.41, 5.74) is 7.02. The number of nitrogens with zero attached hydrogens (tertiary/aromatic N) is 1. The van der Waals surface area contributed by atoms with Gasteiger partial charge in [-0.25, -0.2) is 4.79 Å².